The second kappa shape index (κ2) is 5.79. The average molecular weight is 318 g/mol. The molecule has 23 heavy (non-hydrogen) atoms. The third-order valence-electron chi connectivity index (χ3n) is 3.55. The summed E-state index contributed by atoms with van der Waals surface area (Å²) in [6.07, 6.45) is 0. The van der Waals surface area contributed by atoms with Crippen molar-refractivity contribution in [2.75, 3.05) is 0 Å². The topological polar surface area (TPSA) is 44.9 Å². The first-order chi connectivity index (χ1) is 11.0. The molecule has 0 aliphatic heterocycles. The maximum absolute atomic E-state index is 13.6. The number of fused-ring (bicyclic) bond motifs is 1. The van der Waals surface area contributed by atoms with Gasteiger partial charge in [-0.3, -0.25) is 4.79 Å². The van der Waals surface area contributed by atoms with Crippen LogP contribution in [0.3, 0.4) is 0 Å². The van der Waals surface area contributed by atoms with E-state index in [1.807, 2.05) is 31.2 Å². The molecule has 1 amide bonds. The van der Waals surface area contributed by atoms with E-state index in [1.165, 1.54) is 0 Å². The molecule has 0 saturated carbocycles. The number of aromatic nitrogens is 1. The molecule has 0 saturated heterocycles. The van der Waals surface area contributed by atoms with Crippen molar-refractivity contribution in [2.24, 2.45) is 0 Å². The van der Waals surface area contributed by atoms with E-state index in [0.717, 1.165) is 34.3 Å². The van der Waals surface area contributed by atoms with Crippen molar-refractivity contribution in [3.63, 3.8) is 0 Å². The molecule has 2 N–H and O–H groups in total. The van der Waals surface area contributed by atoms with Gasteiger partial charge in [-0.1, -0.05) is 6.07 Å². The molecule has 3 aromatic rings. The number of amides is 1. The van der Waals surface area contributed by atoms with E-state index in [9.17, 15) is 18.0 Å². The van der Waals surface area contributed by atoms with Gasteiger partial charge in [-0.05, 0) is 48.2 Å². The van der Waals surface area contributed by atoms with Crippen LogP contribution < -0.4 is 5.32 Å². The summed E-state index contributed by atoms with van der Waals surface area (Å²) in [5, 5.41) is 3.49. The van der Waals surface area contributed by atoms with E-state index in [1.54, 1.807) is 0 Å². The van der Waals surface area contributed by atoms with Gasteiger partial charge >= 0.3 is 0 Å². The second-order valence-electron chi connectivity index (χ2n) is 5.28. The Labute approximate surface area is 130 Å². The van der Waals surface area contributed by atoms with Crippen LogP contribution in [0.15, 0.2) is 36.4 Å². The van der Waals surface area contributed by atoms with Gasteiger partial charge in [0, 0.05) is 17.8 Å². The van der Waals surface area contributed by atoms with Gasteiger partial charge in [-0.15, -0.1) is 0 Å². The van der Waals surface area contributed by atoms with Gasteiger partial charge in [-0.25, -0.2) is 13.2 Å². The third-order valence-corrected chi connectivity index (χ3v) is 3.55. The number of carbonyl (C=O) groups is 1. The Hall–Kier alpha value is -2.76. The van der Waals surface area contributed by atoms with Gasteiger partial charge in [0.05, 0.1) is 5.56 Å². The molecule has 0 aliphatic carbocycles. The molecule has 3 rings (SSSR count). The summed E-state index contributed by atoms with van der Waals surface area (Å²) in [4.78, 5) is 15.1. The molecule has 0 atom stereocenters. The fraction of sp³-hybridized carbons (Fsp3) is 0.118. The van der Waals surface area contributed by atoms with Gasteiger partial charge in [0.2, 0.25) is 0 Å². The Morgan fingerprint density at radius 1 is 1.09 bits per heavy atom. The fourth-order valence-electron chi connectivity index (χ4n) is 2.42. The van der Waals surface area contributed by atoms with Crippen molar-refractivity contribution in [1.29, 1.82) is 0 Å². The number of aromatic amines is 1. The standard InChI is InChI=1S/C17H13F3N2O/c1-9-6-11-7-10(2-5-14(11)22-9)8-21-17(23)12-3-4-13(18)16(20)15(12)19/h2-7,22H,8H2,1H3,(H,21,23). The molecule has 118 valence electrons. The number of rotatable bonds is 3. The fourth-order valence-corrected chi connectivity index (χ4v) is 2.42. The van der Waals surface area contributed by atoms with Crippen LogP contribution in [0.2, 0.25) is 0 Å². The van der Waals surface area contributed by atoms with Crippen LogP contribution in [0.4, 0.5) is 13.2 Å². The zero-order valence-corrected chi connectivity index (χ0v) is 12.2. The maximum atomic E-state index is 13.6. The first-order valence-electron chi connectivity index (χ1n) is 6.95. The average Bonchev–Trinajstić information content (AvgIpc) is 2.89. The molecule has 0 radical (unpaired) electrons. The number of hydrogen-bond donors (Lipinski definition) is 2. The summed E-state index contributed by atoms with van der Waals surface area (Å²) in [7, 11) is 0. The largest absolute Gasteiger partial charge is 0.359 e. The van der Waals surface area contributed by atoms with Gasteiger partial charge in [0.15, 0.2) is 17.5 Å². The van der Waals surface area contributed by atoms with Gasteiger partial charge in [-0.2, -0.15) is 0 Å². The lowest BCUT2D eigenvalue weighted by Crippen LogP contribution is -2.24. The number of carbonyl (C=O) groups excluding carboxylic acids is 1. The predicted octanol–water partition coefficient (Wildman–Crippen LogP) is 3.82. The minimum absolute atomic E-state index is 0.150. The van der Waals surface area contributed by atoms with Crippen molar-refractivity contribution < 1.29 is 18.0 Å². The van der Waals surface area contributed by atoms with E-state index >= 15 is 0 Å². The van der Waals surface area contributed by atoms with Crippen LogP contribution in [-0.2, 0) is 6.54 Å². The minimum Gasteiger partial charge on any atom is -0.359 e. The van der Waals surface area contributed by atoms with Crippen LogP contribution in [0, 0.1) is 24.4 Å². The van der Waals surface area contributed by atoms with Crippen molar-refractivity contribution >= 4 is 16.8 Å². The number of H-pyrrole nitrogens is 1. The van der Waals surface area contributed by atoms with Crippen LogP contribution in [0.5, 0.6) is 0 Å². The van der Waals surface area contributed by atoms with E-state index in [0.29, 0.717) is 0 Å². The van der Waals surface area contributed by atoms with Gasteiger partial charge in [0.25, 0.3) is 5.91 Å². The second-order valence-corrected chi connectivity index (χ2v) is 5.28. The molecular formula is C17H13F3N2O. The summed E-state index contributed by atoms with van der Waals surface area (Å²) in [6, 6.07) is 9.20. The molecule has 0 spiro atoms. The monoisotopic (exact) mass is 318 g/mol. The van der Waals surface area contributed by atoms with Gasteiger partial charge in [0.1, 0.15) is 0 Å². The Morgan fingerprint density at radius 2 is 1.87 bits per heavy atom. The predicted molar refractivity (Wildman–Crippen MR) is 80.5 cm³/mol. The number of halogens is 3. The smallest absolute Gasteiger partial charge is 0.254 e. The molecule has 1 heterocycles. The molecule has 0 unspecified atom stereocenters. The van der Waals surface area contributed by atoms with E-state index < -0.39 is 28.9 Å². The summed E-state index contributed by atoms with van der Waals surface area (Å²) < 4.78 is 39.6. The first-order valence-corrected chi connectivity index (χ1v) is 6.95. The van der Waals surface area contributed by atoms with E-state index in [-0.39, 0.29) is 6.54 Å². The van der Waals surface area contributed by atoms with Crippen LogP contribution in [0.25, 0.3) is 10.9 Å². The maximum Gasteiger partial charge on any atom is 0.254 e. The van der Waals surface area contributed by atoms with Crippen molar-refractivity contribution in [1.82, 2.24) is 10.3 Å². The summed E-state index contributed by atoms with van der Waals surface area (Å²) in [6.45, 7) is 2.09. The zero-order chi connectivity index (χ0) is 16.6. The van der Waals surface area contributed by atoms with Crippen molar-refractivity contribution in [3.05, 3.63) is 70.7 Å². The molecule has 3 nitrogen and oxygen atoms in total. The highest BCUT2D eigenvalue weighted by Crippen LogP contribution is 2.18. The quantitative estimate of drug-likeness (QED) is 0.708. The highest BCUT2D eigenvalue weighted by Gasteiger charge is 2.18. The lowest BCUT2D eigenvalue weighted by atomic mass is 10.1. The molecular weight excluding hydrogens is 305 g/mol. The number of nitrogens with one attached hydrogen (secondary N) is 2. The highest BCUT2D eigenvalue weighted by atomic mass is 19.2. The van der Waals surface area contributed by atoms with Crippen molar-refractivity contribution in [3.8, 4) is 0 Å². The Balaban J connectivity index is 1.76. The highest BCUT2D eigenvalue weighted by molar-refractivity contribution is 5.94. The summed E-state index contributed by atoms with van der Waals surface area (Å²) >= 11 is 0. The number of benzene rings is 2. The van der Waals surface area contributed by atoms with E-state index in [2.05, 4.69) is 10.3 Å². The lowest BCUT2D eigenvalue weighted by molar-refractivity contribution is 0.0945. The SMILES string of the molecule is Cc1cc2cc(CNC(=O)c3ccc(F)c(F)c3F)ccc2[nH]1. The summed E-state index contributed by atoms with van der Waals surface area (Å²) in [5.74, 6) is -5.26. The minimum atomic E-state index is -1.65. The van der Waals surface area contributed by atoms with E-state index in [4.69, 9.17) is 0 Å². The normalized spacial score (nSPS) is 11.0. The molecule has 0 bridgehead atoms. The number of aryl methyl sites for hydroxylation is 1. The third kappa shape index (κ3) is 2.92. The first kappa shape index (κ1) is 15.1. The molecule has 6 heteroatoms. The molecule has 2 aromatic carbocycles. The Bertz CT molecular complexity index is 902. The molecule has 0 fully saturated rings. The van der Waals surface area contributed by atoms with Crippen molar-refractivity contribution in [2.45, 2.75) is 13.5 Å². The van der Waals surface area contributed by atoms with Crippen LogP contribution in [-0.4, -0.2) is 10.9 Å². The van der Waals surface area contributed by atoms with Crippen LogP contribution in [0.1, 0.15) is 21.6 Å². The number of hydrogen-bond acceptors (Lipinski definition) is 1. The summed E-state index contributed by atoms with van der Waals surface area (Å²) in [5.41, 5.74) is 2.28. The van der Waals surface area contributed by atoms with Gasteiger partial charge < -0.3 is 10.3 Å². The van der Waals surface area contributed by atoms with Crippen LogP contribution >= 0.6 is 0 Å². The Morgan fingerprint density at radius 3 is 2.65 bits per heavy atom. The lowest BCUT2D eigenvalue weighted by Gasteiger charge is -2.07. The zero-order valence-electron chi connectivity index (χ0n) is 12.2. The molecule has 0 aliphatic rings. The Kier molecular flexibility index (Phi) is 3.82. The molecule has 1 aromatic heterocycles.